The van der Waals surface area contributed by atoms with Crippen LogP contribution in [0.25, 0.3) is 10.6 Å². The maximum atomic E-state index is 12.3. The zero-order valence-electron chi connectivity index (χ0n) is 14.2. The molecule has 0 bridgehead atoms. The summed E-state index contributed by atoms with van der Waals surface area (Å²) in [5, 5.41) is 4.76. The van der Waals surface area contributed by atoms with Gasteiger partial charge in [-0.3, -0.25) is 20.4 Å². The van der Waals surface area contributed by atoms with Crippen LogP contribution in [0, 0.1) is 13.8 Å². The van der Waals surface area contributed by atoms with Crippen LogP contribution in [0.3, 0.4) is 0 Å². The summed E-state index contributed by atoms with van der Waals surface area (Å²) in [6, 6.07) is 9.91. The van der Waals surface area contributed by atoms with Gasteiger partial charge in [0.1, 0.15) is 9.88 Å². The number of nitrogens with zero attached hydrogens (tertiary/aromatic N) is 1. The average molecular weight is 404 g/mol. The van der Waals surface area contributed by atoms with Crippen molar-refractivity contribution in [3.8, 4) is 10.6 Å². The molecule has 2 N–H and O–H groups in total. The molecule has 5 nitrogen and oxygen atoms in total. The lowest BCUT2D eigenvalue weighted by molar-refractivity contribution is -0.119. The van der Waals surface area contributed by atoms with E-state index in [0.717, 1.165) is 15.5 Å². The van der Waals surface area contributed by atoms with Crippen molar-refractivity contribution in [2.45, 2.75) is 18.7 Å². The first-order valence-corrected chi connectivity index (χ1v) is 10.6. The minimum Gasteiger partial charge on any atom is -0.272 e. The zero-order chi connectivity index (χ0) is 18.5. The van der Waals surface area contributed by atoms with Gasteiger partial charge in [0, 0.05) is 15.8 Å². The Kier molecular flexibility index (Phi) is 6.08. The van der Waals surface area contributed by atoms with Crippen molar-refractivity contribution in [2.75, 3.05) is 5.75 Å². The molecular weight excluding hydrogens is 386 g/mol. The van der Waals surface area contributed by atoms with Gasteiger partial charge in [0.15, 0.2) is 0 Å². The van der Waals surface area contributed by atoms with Crippen molar-refractivity contribution in [2.24, 2.45) is 0 Å². The summed E-state index contributed by atoms with van der Waals surface area (Å²) in [7, 11) is 0. The fraction of sp³-hybridized carbons (Fsp3) is 0.167. The molecule has 2 aromatic heterocycles. The lowest BCUT2D eigenvalue weighted by Gasteiger charge is -2.06. The molecule has 0 radical (unpaired) electrons. The van der Waals surface area contributed by atoms with E-state index in [1.54, 1.807) is 18.3 Å². The molecule has 3 rings (SSSR count). The van der Waals surface area contributed by atoms with Crippen molar-refractivity contribution in [3.05, 3.63) is 57.2 Å². The second-order valence-electron chi connectivity index (χ2n) is 5.55. The number of nitrogens with one attached hydrogen (secondary N) is 2. The molecule has 2 heterocycles. The molecule has 0 aliphatic heterocycles. The molecule has 0 saturated carbocycles. The third kappa shape index (κ3) is 4.72. The van der Waals surface area contributed by atoms with E-state index < -0.39 is 0 Å². The van der Waals surface area contributed by atoms with Crippen molar-refractivity contribution in [1.82, 2.24) is 15.8 Å². The Morgan fingerprint density at radius 2 is 1.88 bits per heavy atom. The maximum absolute atomic E-state index is 12.3. The Hall–Kier alpha value is -2.16. The predicted octanol–water partition coefficient (Wildman–Crippen LogP) is 4.04. The van der Waals surface area contributed by atoms with Gasteiger partial charge in [0.25, 0.3) is 5.91 Å². The Labute approximate surface area is 163 Å². The Morgan fingerprint density at radius 1 is 1.12 bits per heavy atom. The van der Waals surface area contributed by atoms with Crippen LogP contribution < -0.4 is 10.9 Å². The Morgan fingerprint density at radius 3 is 2.58 bits per heavy atom. The van der Waals surface area contributed by atoms with E-state index in [2.05, 4.69) is 15.8 Å². The van der Waals surface area contributed by atoms with Crippen molar-refractivity contribution in [3.63, 3.8) is 0 Å². The zero-order valence-corrected chi connectivity index (χ0v) is 16.7. The van der Waals surface area contributed by atoms with E-state index in [0.29, 0.717) is 10.6 Å². The molecule has 0 fully saturated rings. The number of benzene rings is 1. The van der Waals surface area contributed by atoms with E-state index in [-0.39, 0.29) is 17.6 Å². The summed E-state index contributed by atoms with van der Waals surface area (Å²) >= 11 is 4.32. The second-order valence-corrected chi connectivity index (χ2v) is 8.38. The van der Waals surface area contributed by atoms with E-state index in [1.165, 1.54) is 28.7 Å². The van der Waals surface area contributed by atoms with E-state index >= 15 is 0 Å². The van der Waals surface area contributed by atoms with Crippen LogP contribution in [0.1, 0.15) is 20.9 Å². The molecule has 0 atom stereocenters. The fourth-order valence-electron chi connectivity index (χ4n) is 2.12. The lowest BCUT2D eigenvalue weighted by Crippen LogP contribution is -2.42. The number of aromatic nitrogens is 1. The minimum atomic E-state index is -0.352. The first-order chi connectivity index (χ1) is 12.5. The van der Waals surface area contributed by atoms with E-state index in [9.17, 15) is 9.59 Å². The van der Waals surface area contributed by atoms with Crippen molar-refractivity contribution in [1.29, 1.82) is 0 Å². The molecule has 0 spiro atoms. The number of aryl methyl sites for hydroxylation is 2. The summed E-state index contributed by atoms with van der Waals surface area (Å²) in [5.41, 5.74) is 7.74. The molecule has 0 unspecified atom stereocenters. The summed E-state index contributed by atoms with van der Waals surface area (Å²) < 4.78 is 0. The van der Waals surface area contributed by atoms with Gasteiger partial charge >= 0.3 is 0 Å². The normalized spacial score (nSPS) is 10.5. The summed E-state index contributed by atoms with van der Waals surface area (Å²) in [4.78, 5) is 30.2. The van der Waals surface area contributed by atoms with Gasteiger partial charge in [0.2, 0.25) is 5.91 Å². The van der Waals surface area contributed by atoms with Gasteiger partial charge in [-0.2, -0.15) is 11.3 Å². The topological polar surface area (TPSA) is 71.1 Å². The number of hydrazine groups is 1. The number of hydrogen-bond donors (Lipinski definition) is 2. The molecule has 3 aromatic rings. The summed E-state index contributed by atoms with van der Waals surface area (Å²) in [6.45, 7) is 3.80. The molecule has 0 aliphatic rings. The number of amides is 2. The van der Waals surface area contributed by atoms with Gasteiger partial charge in [-0.25, -0.2) is 4.98 Å². The van der Waals surface area contributed by atoms with Gasteiger partial charge in [-0.15, -0.1) is 23.1 Å². The standard InChI is InChI=1S/C18H17N3O2S3/c1-11-3-5-14(6-4-11)25-10-15(22)20-21-17(23)16-12(2)19-18(26-16)13-7-8-24-9-13/h3-9H,10H2,1-2H3,(H,20,22)(H,21,23). The molecule has 2 amide bonds. The SMILES string of the molecule is Cc1ccc(SCC(=O)NNC(=O)c2sc(-c3ccsc3)nc2C)cc1. The maximum Gasteiger partial charge on any atom is 0.281 e. The highest BCUT2D eigenvalue weighted by Gasteiger charge is 2.17. The molecule has 8 heteroatoms. The Bertz CT molecular complexity index is 902. The molecule has 26 heavy (non-hydrogen) atoms. The smallest absolute Gasteiger partial charge is 0.272 e. The third-order valence-electron chi connectivity index (χ3n) is 3.48. The molecule has 1 aromatic carbocycles. The van der Waals surface area contributed by atoms with Gasteiger partial charge in [0.05, 0.1) is 11.4 Å². The monoisotopic (exact) mass is 403 g/mol. The number of carbonyl (C=O) groups is 2. The van der Waals surface area contributed by atoms with Gasteiger partial charge < -0.3 is 0 Å². The van der Waals surface area contributed by atoms with Gasteiger partial charge in [-0.1, -0.05) is 17.7 Å². The van der Waals surface area contributed by atoms with Crippen LogP contribution in [0.5, 0.6) is 0 Å². The lowest BCUT2D eigenvalue weighted by atomic mass is 10.2. The van der Waals surface area contributed by atoms with Crippen molar-refractivity contribution < 1.29 is 9.59 Å². The van der Waals surface area contributed by atoms with Crippen molar-refractivity contribution >= 4 is 46.2 Å². The number of carbonyl (C=O) groups excluding carboxylic acids is 2. The average Bonchev–Trinajstić information content (AvgIpc) is 3.28. The second kappa shape index (κ2) is 8.48. The number of thiazole rings is 1. The number of thiophene rings is 1. The number of rotatable bonds is 5. The van der Waals surface area contributed by atoms with Crippen LogP contribution in [-0.2, 0) is 4.79 Å². The third-order valence-corrected chi connectivity index (χ3v) is 6.38. The van der Waals surface area contributed by atoms with Crippen LogP contribution in [0.15, 0.2) is 46.0 Å². The number of thioether (sulfide) groups is 1. The van der Waals surface area contributed by atoms with E-state index in [4.69, 9.17) is 0 Å². The molecule has 0 saturated heterocycles. The first-order valence-electron chi connectivity index (χ1n) is 7.81. The summed E-state index contributed by atoms with van der Waals surface area (Å²) in [6.07, 6.45) is 0. The largest absolute Gasteiger partial charge is 0.281 e. The highest BCUT2D eigenvalue weighted by molar-refractivity contribution is 8.00. The van der Waals surface area contributed by atoms with E-state index in [1.807, 2.05) is 48.0 Å². The van der Waals surface area contributed by atoms with Crippen LogP contribution >= 0.6 is 34.4 Å². The Balaban J connectivity index is 1.52. The molecule has 0 aliphatic carbocycles. The predicted molar refractivity (Wildman–Crippen MR) is 108 cm³/mol. The number of hydrogen-bond acceptors (Lipinski definition) is 6. The minimum absolute atomic E-state index is 0.227. The molecular formula is C18H17N3O2S3. The van der Waals surface area contributed by atoms with Crippen LogP contribution in [-0.4, -0.2) is 22.6 Å². The van der Waals surface area contributed by atoms with Crippen LogP contribution in [0.4, 0.5) is 0 Å². The van der Waals surface area contributed by atoms with Gasteiger partial charge in [-0.05, 0) is 37.4 Å². The fourth-order valence-corrected chi connectivity index (χ4v) is 4.49. The highest BCUT2D eigenvalue weighted by Crippen LogP contribution is 2.29. The first kappa shape index (κ1) is 18.6. The molecule has 134 valence electrons. The highest BCUT2D eigenvalue weighted by atomic mass is 32.2. The van der Waals surface area contributed by atoms with Crippen LogP contribution in [0.2, 0.25) is 0 Å². The quantitative estimate of drug-likeness (QED) is 0.498. The summed E-state index contributed by atoms with van der Waals surface area (Å²) in [5.74, 6) is -0.384.